The fourth-order valence-electron chi connectivity index (χ4n) is 1.21. The molecule has 0 aliphatic carbocycles. The minimum Gasteiger partial charge on any atom is -0.147 e. The predicted octanol–water partition coefficient (Wildman–Crippen LogP) is 3.15. The third-order valence-electron chi connectivity index (χ3n) is 1.84. The molecule has 98 valence electrons. The van der Waals surface area contributed by atoms with Gasteiger partial charge in [0.2, 0.25) is 0 Å². The molecule has 17 heavy (non-hydrogen) atoms. The molecule has 5 heteroatoms. The Kier molecular flexibility index (Phi) is 17.5. The molecule has 0 saturated heterocycles. The molecule has 2 aromatic carbocycles. The van der Waals surface area contributed by atoms with Gasteiger partial charge in [-0.3, -0.25) is 0 Å². The Hall–Kier alpha value is 0.632. The number of benzene rings is 2. The first kappa shape index (κ1) is 22.8. The molecular formula is C12H13Cl2FePPd. The third-order valence-corrected chi connectivity index (χ3v) is 3.08. The first-order valence-corrected chi connectivity index (χ1v) is 5.32. The summed E-state index contributed by atoms with van der Waals surface area (Å²) in [5.41, 5.74) is 0. The second-order valence-electron chi connectivity index (χ2n) is 2.86. The summed E-state index contributed by atoms with van der Waals surface area (Å²) in [5, 5.41) is 2.79. The van der Waals surface area contributed by atoms with E-state index >= 15 is 0 Å². The monoisotopic (exact) mass is 420 g/mol. The van der Waals surface area contributed by atoms with E-state index < -0.39 is 0 Å². The van der Waals surface area contributed by atoms with Gasteiger partial charge in [-0.1, -0.05) is 69.2 Å². The number of hydrogen-bond donors (Lipinski definition) is 0. The minimum atomic E-state index is 0. The first-order chi connectivity index (χ1) is 6.45. The maximum atomic E-state index is 2.17. The molecule has 0 amide bonds. The zero-order valence-corrected chi connectivity index (χ0v) is 14.1. The maximum absolute atomic E-state index is 2.17. The van der Waals surface area contributed by atoms with Crippen molar-refractivity contribution in [2.75, 3.05) is 0 Å². The molecule has 0 aliphatic rings. The molecule has 0 heterocycles. The van der Waals surface area contributed by atoms with Crippen LogP contribution in [0.25, 0.3) is 0 Å². The quantitative estimate of drug-likeness (QED) is 0.516. The van der Waals surface area contributed by atoms with Crippen LogP contribution >= 0.6 is 33.4 Å². The smallest absolute Gasteiger partial charge is 0 e. The summed E-state index contributed by atoms with van der Waals surface area (Å²) in [4.78, 5) is 0. The minimum absolute atomic E-state index is 0. The molecule has 0 saturated carbocycles. The van der Waals surface area contributed by atoms with E-state index in [-0.39, 0.29) is 62.3 Å². The van der Waals surface area contributed by atoms with Crippen LogP contribution in [0.1, 0.15) is 0 Å². The Balaban J connectivity index is -0.000000490. The van der Waals surface area contributed by atoms with Gasteiger partial charge in [0.05, 0.1) is 0 Å². The molecule has 0 fully saturated rings. The summed E-state index contributed by atoms with van der Waals surface area (Å²) in [6.07, 6.45) is 0. The van der Waals surface area contributed by atoms with Gasteiger partial charge in [0.1, 0.15) is 0 Å². The Morgan fingerprint density at radius 2 is 0.882 bits per heavy atom. The van der Waals surface area contributed by atoms with Gasteiger partial charge < -0.3 is 0 Å². The molecule has 0 aromatic heterocycles. The van der Waals surface area contributed by atoms with Crippen LogP contribution in [0.15, 0.2) is 60.7 Å². The van der Waals surface area contributed by atoms with Crippen LogP contribution in [0, 0.1) is 0 Å². The molecule has 0 bridgehead atoms. The van der Waals surface area contributed by atoms with E-state index in [0.29, 0.717) is 0 Å². The number of hydrogen-bond acceptors (Lipinski definition) is 0. The number of halogens is 2. The van der Waals surface area contributed by atoms with Crippen molar-refractivity contribution in [3.05, 3.63) is 60.7 Å². The first-order valence-electron chi connectivity index (χ1n) is 4.32. The normalized spacial score (nSPS) is 7.53. The fourth-order valence-corrected chi connectivity index (χ4v) is 2.26. The molecule has 0 radical (unpaired) electrons. The van der Waals surface area contributed by atoms with Gasteiger partial charge in [-0.15, -0.1) is 24.8 Å². The van der Waals surface area contributed by atoms with Gasteiger partial charge in [0.15, 0.2) is 0 Å². The molecule has 0 spiro atoms. The van der Waals surface area contributed by atoms with Gasteiger partial charge in [-0.2, -0.15) is 0 Å². The van der Waals surface area contributed by atoms with E-state index in [9.17, 15) is 0 Å². The number of rotatable bonds is 2. The standard InChI is InChI=1S/C12H11P.2ClH.Fe.Pd/c1-3-7-11(8-4-1)13-12-9-5-2-6-10-12;;;;/h1-10,13H;2*1H;;. The van der Waals surface area contributed by atoms with E-state index in [0.717, 1.165) is 8.58 Å². The van der Waals surface area contributed by atoms with Crippen molar-refractivity contribution < 1.29 is 37.5 Å². The summed E-state index contributed by atoms with van der Waals surface area (Å²) in [6.45, 7) is 0. The summed E-state index contributed by atoms with van der Waals surface area (Å²) in [6, 6.07) is 21.2. The van der Waals surface area contributed by atoms with E-state index in [2.05, 4.69) is 60.7 Å². The second-order valence-corrected chi connectivity index (χ2v) is 4.26. The summed E-state index contributed by atoms with van der Waals surface area (Å²) in [5.74, 6) is 0. The molecule has 0 N–H and O–H groups in total. The van der Waals surface area contributed by atoms with Crippen molar-refractivity contribution in [3.8, 4) is 0 Å². The van der Waals surface area contributed by atoms with Gasteiger partial charge in [-0.05, 0) is 10.6 Å². The zero-order valence-electron chi connectivity index (χ0n) is 8.76. The van der Waals surface area contributed by atoms with Crippen LogP contribution < -0.4 is 10.6 Å². The van der Waals surface area contributed by atoms with Crippen molar-refractivity contribution in [2.24, 2.45) is 0 Å². The van der Waals surface area contributed by atoms with Gasteiger partial charge in [0.25, 0.3) is 0 Å². The molecule has 0 atom stereocenters. The summed E-state index contributed by atoms with van der Waals surface area (Å²) >= 11 is 0. The van der Waals surface area contributed by atoms with Crippen LogP contribution in [0.3, 0.4) is 0 Å². The van der Waals surface area contributed by atoms with Crippen molar-refractivity contribution >= 4 is 44.0 Å². The largest absolute Gasteiger partial charge is 0.147 e. The molecular weight excluding hydrogens is 408 g/mol. The average molecular weight is 421 g/mol. The SMILES string of the molecule is Cl.Cl.[Fe].[Pd].c1ccc(Pc2ccccc2)cc1. The van der Waals surface area contributed by atoms with E-state index in [4.69, 9.17) is 0 Å². The Morgan fingerprint density at radius 3 is 1.18 bits per heavy atom. The van der Waals surface area contributed by atoms with Gasteiger partial charge in [-0.25, -0.2) is 0 Å². The molecule has 2 rings (SSSR count). The average Bonchev–Trinajstić information content (AvgIpc) is 2.21. The Bertz CT molecular complexity index is 335. The van der Waals surface area contributed by atoms with Crippen LogP contribution in [0.4, 0.5) is 0 Å². The van der Waals surface area contributed by atoms with Gasteiger partial charge in [0, 0.05) is 37.5 Å². The van der Waals surface area contributed by atoms with E-state index in [1.165, 1.54) is 10.6 Å². The van der Waals surface area contributed by atoms with Crippen molar-refractivity contribution in [2.45, 2.75) is 0 Å². The second kappa shape index (κ2) is 13.1. The molecule has 0 aliphatic heterocycles. The predicted molar refractivity (Wildman–Crippen MR) is 75.0 cm³/mol. The topological polar surface area (TPSA) is 0 Å². The van der Waals surface area contributed by atoms with Crippen molar-refractivity contribution in [1.29, 1.82) is 0 Å². The van der Waals surface area contributed by atoms with E-state index in [1.54, 1.807) is 0 Å². The zero-order chi connectivity index (χ0) is 8.93. The van der Waals surface area contributed by atoms with E-state index in [1.807, 2.05) is 0 Å². The molecule has 0 unspecified atom stereocenters. The van der Waals surface area contributed by atoms with Crippen LogP contribution in [0.2, 0.25) is 0 Å². The fraction of sp³-hybridized carbons (Fsp3) is 0. The summed E-state index contributed by atoms with van der Waals surface area (Å²) < 4.78 is 0. The van der Waals surface area contributed by atoms with Crippen molar-refractivity contribution in [1.82, 2.24) is 0 Å². The molecule has 2 aromatic rings. The van der Waals surface area contributed by atoms with Crippen LogP contribution in [-0.2, 0) is 37.5 Å². The Morgan fingerprint density at radius 1 is 0.588 bits per heavy atom. The van der Waals surface area contributed by atoms with Crippen LogP contribution in [-0.4, -0.2) is 0 Å². The van der Waals surface area contributed by atoms with Crippen LogP contribution in [0.5, 0.6) is 0 Å². The van der Waals surface area contributed by atoms with Gasteiger partial charge >= 0.3 is 0 Å². The molecule has 0 nitrogen and oxygen atoms in total. The third kappa shape index (κ3) is 8.36. The van der Waals surface area contributed by atoms with Crippen molar-refractivity contribution in [3.63, 3.8) is 0 Å². The maximum Gasteiger partial charge on any atom is 0 e. The Labute approximate surface area is 141 Å². The summed E-state index contributed by atoms with van der Waals surface area (Å²) in [7, 11) is 0.777.